The summed E-state index contributed by atoms with van der Waals surface area (Å²) in [7, 11) is 1.64. The van der Waals surface area contributed by atoms with E-state index < -0.39 is 0 Å². The number of carbonyl (C=O) groups is 1. The zero-order valence-electron chi connectivity index (χ0n) is 13.7. The van der Waals surface area contributed by atoms with Gasteiger partial charge in [-0.05, 0) is 41.8 Å². The van der Waals surface area contributed by atoms with Crippen molar-refractivity contribution in [3.8, 4) is 5.75 Å². The van der Waals surface area contributed by atoms with Gasteiger partial charge < -0.3 is 14.5 Å². The Kier molecular flexibility index (Phi) is 4.66. The first-order valence-electron chi connectivity index (χ1n) is 7.82. The van der Waals surface area contributed by atoms with E-state index in [4.69, 9.17) is 9.47 Å². The Labute approximate surface area is 140 Å². The minimum atomic E-state index is -0.359. The van der Waals surface area contributed by atoms with Crippen molar-refractivity contribution in [3.05, 3.63) is 71.9 Å². The van der Waals surface area contributed by atoms with Crippen molar-refractivity contribution < 1.29 is 14.3 Å². The zero-order valence-corrected chi connectivity index (χ0v) is 13.7. The first kappa shape index (κ1) is 15.9. The van der Waals surface area contributed by atoms with E-state index in [2.05, 4.69) is 4.98 Å². The summed E-state index contributed by atoms with van der Waals surface area (Å²) < 4.78 is 10.6. The minimum absolute atomic E-state index is 0.344. The molecule has 0 radical (unpaired) electrons. The van der Waals surface area contributed by atoms with Crippen molar-refractivity contribution in [1.29, 1.82) is 0 Å². The average molecular weight is 321 g/mol. The van der Waals surface area contributed by atoms with Crippen LogP contribution in [0.3, 0.4) is 0 Å². The van der Waals surface area contributed by atoms with Gasteiger partial charge in [-0.2, -0.15) is 0 Å². The highest BCUT2D eigenvalue weighted by molar-refractivity contribution is 5.99. The third kappa shape index (κ3) is 3.18. The van der Waals surface area contributed by atoms with Crippen LogP contribution in [0.4, 0.5) is 0 Å². The molecule has 2 aromatic carbocycles. The first-order chi connectivity index (χ1) is 11.7. The molecule has 4 nitrogen and oxygen atoms in total. The van der Waals surface area contributed by atoms with Crippen molar-refractivity contribution in [2.45, 2.75) is 6.92 Å². The van der Waals surface area contributed by atoms with Crippen LogP contribution in [-0.2, 0) is 9.53 Å². The van der Waals surface area contributed by atoms with Gasteiger partial charge >= 0.3 is 5.97 Å². The fourth-order valence-electron chi connectivity index (χ4n) is 2.71. The van der Waals surface area contributed by atoms with E-state index >= 15 is 0 Å². The molecular formula is C20H19NO3. The highest BCUT2D eigenvalue weighted by Gasteiger charge is 2.12. The van der Waals surface area contributed by atoms with Crippen molar-refractivity contribution in [2.24, 2.45) is 0 Å². The van der Waals surface area contributed by atoms with Gasteiger partial charge in [0.15, 0.2) is 0 Å². The Morgan fingerprint density at radius 2 is 1.92 bits per heavy atom. The molecule has 4 heteroatoms. The van der Waals surface area contributed by atoms with Gasteiger partial charge in [-0.3, -0.25) is 0 Å². The molecule has 0 aliphatic carbocycles. The molecule has 1 N–H and O–H groups in total. The fraction of sp³-hybridized carbons (Fsp3) is 0.150. The van der Waals surface area contributed by atoms with Crippen LogP contribution in [0, 0.1) is 0 Å². The number of hydrogen-bond donors (Lipinski definition) is 1. The van der Waals surface area contributed by atoms with E-state index in [-0.39, 0.29) is 5.97 Å². The van der Waals surface area contributed by atoms with Crippen LogP contribution in [0.2, 0.25) is 0 Å². The largest absolute Gasteiger partial charge is 0.496 e. The number of esters is 1. The summed E-state index contributed by atoms with van der Waals surface area (Å²) >= 11 is 0. The molecule has 0 aliphatic heterocycles. The van der Waals surface area contributed by atoms with E-state index in [1.807, 2.05) is 54.7 Å². The number of nitrogens with one attached hydrogen (secondary N) is 1. The number of ether oxygens (including phenoxy) is 2. The Balaban J connectivity index is 2.17. The molecule has 0 saturated heterocycles. The van der Waals surface area contributed by atoms with Crippen LogP contribution in [0.1, 0.15) is 18.1 Å². The van der Waals surface area contributed by atoms with Crippen molar-refractivity contribution in [2.75, 3.05) is 13.7 Å². The highest BCUT2D eigenvalue weighted by Crippen LogP contribution is 2.32. The summed E-state index contributed by atoms with van der Waals surface area (Å²) in [5.74, 6) is 0.399. The van der Waals surface area contributed by atoms with E-state index in [1.54, 1.807) is 14.0 Å². The molecule has 0 saturated carbocycles. The minimum Gasteiger partial charge on any atom is -0.496 e. The molecule has 0 amide bonds. The maximum absolute atomic E-state index is 12.0. The van der Waals surface area contributed by atoms with Crippen LogP contribution in [0.15, 0.2) is 60.8 Å². The van der Waals surface area contributed by atoms with E-state index in [1.165, 1.54) is 6.08 Å². The summed E-state index contributed by atoms with van der Waals surface area (Å²) in [6, 6.07) is 15.7. The molecule has 0 fully saturated rings. The number of aromatic nitrogens is 1. The summed E-state index contributed by atoms with van der Waals surface area (Å²) in [5, 5.41) is 1.00. The Morgan fingerprint density at radius 3 is 2.62 bits per heavy atom. The second-order valence-corrected chi connectivity index (χ2v) is 5.29. The van der Waals surface area contributed by atoms with Gasteiger partial charge in [-0.25, -0.2) is 4.79 Å². The van der Waals surface area contributed by atoms with Crippen LogP contribution in [-0.4, -0.2) is 24.7 Å². The molecule has 24 heavy (non-hydrogen) atoms. The number of aromatic amines is 1. The quantitative estimate of drug-likeness (QED) is 0.567. The van der Waals surface area contributed by atoms with Crippen molar-refractivity contribution >= 4 is 22.4 Å². The molecule has 122 valence electrons. The lowest BCUT2D eigenvalue weighted by molar-refractivity contribution is -0.137. The number of fused-ring (bicyclic) bond motifs is 1. The molecule has 0 atom stereocenters. The molecule has 0 bridgehead atoms. The molecule has 3 rings (SSSR count). The van der Waals surface area contributed by atoms with Gasteiger partial charge in [0.1, 0.15) is 5.75 Å². The highest BCUT2D eigenvalue weighted by atomic mass is 16.5. The summed E-state index contributed by atoms with van der Waals surface area (Å²) in [6.45, 7) is 2.14. The number of carbonyl (C=O) groups excluding carboxylic acids is 1. The number of H-pyrrole nitrogens is 1. The SMILES string of the molecule is CCOC(=O)/C=C(\c1ccccc1)c1cc(OC)c2cc[nH]c2c1. The Hall–Kier alpha value is -3.01. The summed E-state index contributed by atoms with van der Waals surface area (Å²) in [4.78, 5) is 15.2. The van der Waals surface area contributed by atoms with E-state index in [9.17, 15) is 4.79 Å². The molecule has 0 unspecified atom stereocenters. The van der Waals surface area contributed by atoms with Gasteiger partial charge in [0.25, 0.3) is 0 Å². The van der Waals surface area contributed by atoms with Gasteiger partial charge in [0, 0.05) is 23.2 Å². The Morgan fingerprint density at radius 1 is 1.12 bits per heavy atom. The van der Waals surface area contributed by atoms with Crippen molar-refractivity contribution in [3.63, 3.8) is 0 Å². The van der Waals surface area contributed by atoms with Gasteiger partial charge in [-0.15, -0.1) is 0 Å². The molecule has 0 aliphatic rings. The van der Waals surface area contributed by atoms with Crippen LogP contribution >= 0.6 is 0 Å². The molecule has 1 heterocycles. The number of benzene rings is 2. The van der Waals surface area contributed by atoms with E-state index in [0.717, 1.165) is 33.4 Å². The van der Waals surface area contributed by atoms with Gasteiger partial charge in [-0.1, -0.05) is 30.3 Å². The standard InChI is InChI=1S/C20H19NO3/c1-3-24-20(22)13-17(14-7-5-4-6-8-14)15-11-18-16(9-10-21-18)19(12-15)23-2/h4-13,21H,3H2,1-2H3/b17-13+. The molecular weight excluding hydrogens is 302 g/mol. The van der Waals surface area contributed by atoms with Crippen molar-refractivity contribution in [1.82, 2.24) is 4.98 Å². The third-order valence-corrected chi connectivity index (χ3v) is 3.80. The predicted molar refractivity (Wildman–Crippen MR) is 95.0 cm³/mol. The maximum Gasteiger partial charge on any atom is 0.331 e. The molecule has 1 aromatic heterocycles. The maximum atomic E-state index is 12.0. The number of methoxy groups -OCH3 is 1. The predicted octanol–water partition coefficient (Wildman–Crippen LogP) is 4.17. The van der Waals surface area contributed by atoms with Gasteiger partial charge in [0.2, 0.25) is 0 Å². The summed E-state index contributed by atoms with van der Waals surface area (Å²) in [6.07, 6.45) is 3.40. The lowest BCUT2D eigenvalue weighted by Gasteiger charge is -2.11. The summed E-state index contributed by atoms with van der Waals surface area (Å²) in [5.41, 5.74) is 3.58. The second kappa shape index (κ2) is 7.04. The average Bonchev–Trinajstić information content (AvgIpc) is 3.08. The number of rotatable bonds is 5. The zero-order chi connectivity index (χ0) is 16.9. The monoisotopic (exact) mass is 321 g/mol. The normalized spacial score (nSPS) is 11.5. The number of hydrogen-bond acceptors (Lipinski definition) is 3. The van der Waals surface area contributed by atoms with Crippen LogP contribution < -0.4 is 4.74 Å². The first-order valence-corrected chi connectivity index (χ1v) is 7.82. The topological polar surface area (TPSA) is 51.3 Å². The second-order valence-electron chi connectivity index (χ2n) is 5.29. The smallest absolute Gasteiger partial charge is 0.331 e. The van der Waals surface area contributed by atoms with Crippen LogP contribution in [0.25, 0.3) is 16.5 Å². The lowest BCUT2D eigenvalue weighted by Crippen LogP contribution is -2.02. The lowest BCUT2D eigenvalue weighted by atomic mass is 9.96. The van der Waals surface area contributed by atoms with E-state index in [0.29, 0.717) is 6.61 Å². The molecule has 0 spiro atoms. The fourth-order valence-corrected chi connectivity index (χ4v) is 2.71. The third-order valence-electron chi connectivity index (χ3n) is 3.80. The molecule has 3 aromatic rings. The Bertz CT molecular complexity index is 878. The van der Waals surface area contributed by atoms with Crippen LogP contribution in [0.5, 0.6) is 5.75 Å². The van der Waals surface area contributed by atoms with Gasteiger partial charge in [0.05, 0.1) is 13.7 Å².